The molecule has 1 atom stereocenters. The highest BCUT2D eigenvalue weighted by atomic mass is 16.7. The second-order valence-corrected chi connectivity index (χ2v) is 2.62. The third kappa shape index (κ3) is 6.06. The zero-order valence-electron chi connectivity index (χ0n) is 8.53. The van der Waals surface area contributed by atoms with Crippen molar-refractivity contribution in [2.24, 2.45) is 0 Å². The SMILES string of the molecule is CCC[C@H](/C=C/C#N)OC(=O)OCC. The van der Waals surface area contributed by atoms with Crippen LogP contribution in [0.2, 0.25) is 0 Å². The number of ether oxygens (including phenoxy) is 2. The van der Waals surface area contributed by atoms with E-state index in [1.807, 2.05) is 13.0 Å². The van der Waals surface area contributed by atoms with Crippen LogP contribution in [-0.2, 0) is 9.47 Å². The summed E-state index contributed by atoms with van der Waals surface area (Å²) < 4.78 is 9.56. The Balaban J connectivity index is 4.02. The molecule has 0 amide bonds. The van der Waals surface area contributed by atoms with Crippen molar-refractivity contribution in [2.45, 2.75) is 32.8 Å². The van der Waals surface area contributed by atoms with Gasteiger partial charge in [0.05, 0.1) is 12.7 Å². The van der Waals surface area contributed by atoms with Crippen LogP contribution in [0.5, 0.6) is 0 Å². The van der Waals surface area contributed by atoms with Gasteiger partial charge in [-0.2, -0.15) is 5.26 Å². The fourth-order valence-corrected chi connectivity index (χ4v) is 0.905. The summed E-state index contributed by atoms with van der Waals surface area (Å²) in [6.07, 6.45) is 3.38. The van der Waals surface area contributed by atoms with Gasteiger partial charge < -0.3 is 9.47 Å². The van der Waals surface area contributed by atoms with E-state index in [2.05, 4.69) is 4.74 Å². The molecule has 0 radical (unpaired) electrons. The lowest BCUT2D eigenvalue weighted by Crippen LogP contribution is -2.16. The second-order valence-electron chi connectivity index (χ2n) is 2.62. The van der Waals surface area contributed by atoms with E-state index in [9.17, 15) is 4.79 Å². The Kier molecular flexibility index (Phi) is 7.24. The van der Waals surface area contributed by atoms with Gasteiger partial charge in [-0.25, -0.2) is 4.79 Å². The lowest BCUT2D eigenvalue weighted by molar-refractivity contribution is 0.0381. The fourth-order valence-electron chi connectivity index (χ4n) is 0.905. The van der Waals surface area contributed by atoms with Gasteiger partial charge in [-0.1, -0.05) is 13.3 Å². The maximum absolute atomic E-state index is 10.9. The zero-order valence-corrected chi connectivity index (χ0v) is 8.53. The Hall–Kier alpha value is -1.50. The average Bonchev–Trinajstić information content (AvgIpc) is 2.15. The van der Waals surface area contributed by atoms with Crippen molar-refractivity contribution < 1.29 is 14.3 Å². The molecule has 0 bridgehead atoms. The van der Waals surface area contributed by atoms with Crippen molar-refractivity contribution in [1.82, 2.24) is 0 Å². The van der Waals surface area contributed by atoms with E-state index < -0.39 is 6.16 Å². The Morgan fingerprint density at radius 1 is 1.57 bits per heavy atom. The monoisotopic (exact) mass is 197 g/mol. The van der Waals surface area contributed by atoms with Crippen LogP contribution in [0.15, 0.2) is 12.2 Å². The van der Waals surface area contributed by atoms with E-state index in [0.717, 1.165) is 6.42 Å². The van der Waals surface area contributed by atoms with Gasteiger partial charge in [0.25, 0.3) is 0 Å². The van der Waals surface area contributed by atoms with E-state index in [1.54, 1.807) is 13.0 Å². The van der Waals surface area contributed by atoms with E-state index in [0.29, 0.717) is 13.0 Å². The molecule has 4 nitrogen and oxygen atoms in total. The van der Waals surface area contributed by atoms with Gasteiger partial charge in [0.2, 0.25) is 0 Å². The highest BCUT2D eigenvalue weighted by Crippen LogP contribution is 2.05. The van der Waals surface area contributed by atoms with Gasteiger partial charge in [-0.15, -0.1) is 0 Å². The number of hydrogen-bond donors (Lipinski definition) is 0. The Morgan fingerprint density at radius 3 is 2.79 bits per heavy atom. The van der Waals surface area contributed by atoms with Crippen LogP contribution in [-0.4, -0.2) is 18.9 Å². The molecule has 0 unspecified atom stereocenters. The minimum atomic E-state index is -0.687. The van der Waals surface area contributed by atoms with Gasteiger partial charge in [0.1, 0.15) is 6.10 Å². The van der Waals surface area contributed by atoms with Crippen LogP contribution in [0.4, 0.5) is 4.79 Å². The number of carbonyl (C=O) groups excluding carboxylic acids is 1. The summed E-state index contributed by atoms with van der Waals surface area (Å²) >= 11 is 0. The summed E-state index contributed by atoms with van der Waals surface area (Å²) in [5, 5.41) is 8.31. The minimum absolute atomic E-state index is 0.291. The Bertz CT molecular complexity index is 230. The lowest BCUT2D eigenvalue weighted by Gasteiger charge is -2.11. The number of allylic oxidation sites excluding steroid dienone is 1. The molecule has 0 fully saturated rings. The molecule has 0 aromatic heterocycles. The normalized spacial score (nSPS) is 12.1. The largest absolute Gasteiger partial charge is 0.508 e. The van der Waals surface area contributed by atoms with Crippen LogP contribution < -0.4 is 0 Å². The van der Waals surface area contributed by atoms with Gasteiger partial charge in [-0.3, -0.25) is 0 Å². The van der Waals surface area contributed by atoms with Crippen molar-refractivity contribution in [3.63, 3.8) is 0 Å². The third-order valence-corrected chi connectivity index (χ3v) is 1.47. The second kappa shape index (κ2) is 8.11. The molecule has 78 valence electrons. The molecule has 0 rings (SSSR count). The van der Waals surface area contributed by atoms with Crippen molar-refractivity contribution in [3.8, 4) is 6.07 Å². The van der Waals surface area contributed by atoms with Crippen molar-refractivity contribution >= 4 is 6.16 Å². The van der Waals surface area contributed by atoms with Crippen LogP contribution in [0.25, 0.3) is 0 Å². The number of nitrogens with zero attached hydrogens (tertiary/aromatic N) is 1. The van der Waals surface area contributed by atoms with Gasteiger partial charge in [0, 0.05) is 6.08 Å². The molecule has 14 heavy (non-hydrogen) atoms. The first-order valence-electron chi connectivity index (χ1n) is 4.64. The first kappa shape index (κ1) is 12.5. The predicted octanol–water partition coefficient (Wildman–Crippen LogP) is 2.41. The summed E-state index contributed by atoms with van der Waals surface area (Å²) in [4.78, 5) is 10.9. The van der Waals surface area contributed by atoms with E-state index >= 15 is 0 Å². The van der Waals surface area contributed by atoms with Crippen molar-refractivity contribution in [2.75, 3.05) is 6.61 Å². The molecule has 0 heterocycles. The number of carbonyl (C=O) groups is 1. The minimum Gasteiger partial charge on any atom is -0.435 e. The fraction of sp³-hybridized carbons (Fsp3) is 0.600. The smallest absolute Gasteiger partial charge is 0.435 e. The molecule has 0 aliphatic carbocycles. The van der Waals surface area contributed by atoms with Crippen LogP contribution in [0.1, 0.15) is 26.7 Å². The molecule has 0 aromatic carbocycles. The molecule has 0 saturated carbocycles. The number of nitriles is 1. The average molecular weight is 197 g/mol. The third-order valence-electron chi connectivity index (χ3n) is 1.47. The summed E-state index contributed by atoms with van der Waals surface area (Å²) in [5.41, 5.74) is 0. The molecular formula is C10H15NO3. The summed E-state index contributed by atoms with van der Waals surface area (Å²) in [5.74, 6) is 0. The highest BCUT2D eigenvalue weighted by molar-refractivity contribution is 5.60. The number of hydrogen-bond acceptors (Lipinski definition) is 4. The van der Waals surface area contributed by atoms with Gasteiger partial charge >= 0.3 is 6.16 Å². The van der Waals surface area contributed by atoms with Crippen LogP contribution in [0.3, 0.4) is 0 Å². The quantitative estimate of drug-likeness (QED) is 0.501. The molecule has 0 N–H and O–H groups in total. The molecule has 0 aliphatic heterocycles. The summed E-state index contributed by atoms with van der Waals surface area (Å²) in [6, 6.07) is 1.85. The molecule has 4 heteroatoms. The van der Waals surface area contributed by atoms with E-state index in [1.165, 1.54) is 6.08 Å². The molecule has 0 saturated heterocycles. The summed E-state index contributed by atoms with van der Waals surface area (Å²) in [6.45, 7) is 3.97. The topological polar surface area (TPSA) is 59.3 Å². The molecule has 0 spiro atoms. The van der Waals surface area contributed by atoms with E-state index in [4.69, 9.17) is 10.00 Å². The molecule has 0 aliphatic rings. The molecule has 0 aromatic rings. The Labute approximate surface area is 84.1 Å². The maximum Gasteiger partial charge on any atom is 0.508 e. The van der Waals surface area contributed by atoms with Crippen molar-refractivity contribution in [1.29, 1.82) is 5.26 Å². The summed E-state index contributed by atoms with van der Waals surface area (Å²) in [7, 11) is 0. The molecular weight excluding hydrogens is 182 g/mol. The van der Waals surface area contributed by atoms with Gasteiger partial charge in [0.15, 0.2) is 0 Å². The predicted molar refractivity (Wildman–Crippen MR) is 51.6 cm³/mol. The lowest BCUT2D eigenvalue weighted by atomic mass is 10.2. The Morgan fingerprint density at radius 2 is 2.29 bits per heavy atom. The van der Waals surface area contributed by atoms with Crippen LogP contribution in [0, 0.1) is 11.3 Å². The van der Waals surface area contributed by atoms with Crippen molar-refractivity contribution in [3.05, 3.63) is 12.2 Å². The van der Waals surface area contributed by atoms with E-state index in [-0.39, 0.29) is 6.10 Å². The van der Waals surface area contributed by atoms with Gasteiger partial charge in [-0.05, 0) is 19.4 Å². The maximum atomic E-state index is 10.9. The first-order chi connectivity index (χ1) is 6.74. The standard InChI is InChI=1S/C10H15NO3/c1-3-6-9(7-5-8-11)14-10(12)13-4-2/h5,7,9H,3-4,6H2,1-2H3/b7-5+/t9-/m1/s1. The number of rotatable bonds is 5. The van der Waals surface area contributed by atoms with Crippen LogP contribution >= 0.6 is 0 Å². The zero-order chi connectivity index (χ0) is 10.8. The first-order valence-corrected chi connectivity index (χ1v) is 4.64. The highest BCUT2D eigenvalue weighted by Gasteiger charge is 2.10.